The molecule has 0 unspecified atom stereocenters. The molecule has 0 atom stereocenters. The number of halogens is 2. The summed E-state index contributed by atoms with van der Waals surface area (Å²) in [4.78, 5) is 0. The SMILES string of the molecule is Cc1ccc(CNc2cc(F)c(F)cc2N)o1. The van der Waals surface area contributed by atoms with E-state index < -0.39 is 11.6 Å². The summed E-state index contributed by atoms with van der Waals surface area (Å²) in [6.07, 6.45) is 0. The van der Waals surface area contributed by atoms with Gasteiger partial charge in [0.15, 0.2) is 11.6 Å². The molecule has 0 saturated heterocycles. The van der Waals surface area contributed by atoms with E-state index in [1.165, 1.54) is 0 Å². The molecule has 0 bridgehead atoms. The predicted octanol–water partition coefficient (Wildman–Crippen LogP) is 3.06. The summed E-state index contributed by atoms with van der Waals surface area (Å²) in [5.41, 5.74) is 6.06. The molecular weight excluding hydrogens is 226 g/mol. The molecule has 90 valence electrons. The highest BCUT2D eigenvalue weighted by atomic mass is 19.2. The molecule has 1 aromatic heterocycles. The van der Waals surface area contributed by atoms with Gasteiger partial charge in [-0.15, -0.1) is 0 Å². The van der Waals surface area contributed by atoms with Crippen molar-refractivity contribution in [2.24, 2.45) is 0 Å². The fourth-order valence-corrected chi connectivity index (χ4v) is 1.48. The summed E-state index contributed by atoms with van der Waals surface area (Å²) in [6.45, 7) is 2.19. The highest BCUT2D eigenvalue weighted by molar-refractivity contribution is 5.66. The van der Waals surface area contributed by atoms with Crippen LogP contribution in [-0.4, -0.2) is 0 Å². The molecule has 0 radical (unpaired) electrons. The maximum Gasteiger partial charge on any atom is 0.161 e. The number of nitrogens with two attached hydrogens (primary N) is 1. The van der Waals surface area contributed by atoms with Gasteiger partial charge in [0, 0.05) is 12.1 Å². The molecule has 0 fully saturated rings. The van der Waals surface area contributed by atoms with Gasteiger partial charge in [-0.1, -0.05) is 0 Å². The molecule has 3 N–H and O–H groups in total. The van der Waals surface area contributed by atoms with E-state index in [1.807, 2.05) is 13.0 Å². The molecule has 0 amide bonds. The lowest BCUT2D eigenvalue weighted by Gasteiger charge is -2.08. The highest BCUT2D eigenvalue weighted by Gasteiger charge is 2.07. The van der Waals surface area contributed by atoms with E-state index in [0.29, 0.717) is 18.0 Å². The smallest absolute Gasteiger partial charge is 0.161 e. The van der Waals surface area contributed by atoms with Gasteiger partial charge in [0.05, 0.1) is 17.9 Å². The van der Waals surface area contributed by atoms with Gasteiger partial charge in [0.2, 0.25) is 0 Å². The molecule has 0 aliphatic heterocycles. The van der Waals surface area contributed by atoms with Gasteiger partial charge in [-0.05, 0) is 19.1 Å². The number of nitrogen functional groups attached to an aromatic ring is 1. The third-order valence-corrected chi connectivity index (χ3v) is 2.34. The summed E-state index contributed by atoms with van der Waals surface area (Å²) >= 11 is 0. The van der Waals surface area contributed by atoms with E-state index in [1.54, 1.807) is 6.07 Å². The van der Waals surface area contributed by atoms with Gasteiger partial charge in [-0.25, -0.2) is 8.78 Å². The largest absolute Gasteiger partial charge is 0.465 e. The lowest BCUT2D eigenvalue weighted by atomic mass is 10.2. The zero-order valence-electron chi connectivity index (χ0n) is 9.26. The first-order valence-corrected chi connectivity index (χ1v) is 5.10. The first-order valence-electron chi connectivity index (χ1n) is 5.10. The van der Waals surface area contributed by atoms with E-state index >= 15 is 0 Å². The molecule has 0 saturated carbocycles. The number of benzene rings is 1. The highest BCUT2D eigenvalue weighted by Crippen LogP contribution is 2.22. The van der Waals surface area contributed by atoms with Crippen LogP contribution < -0.4 is 11.1 Å². The van der Waals surface area contributed by atoms with Crippen molar-refractivity contribution < 1.29 is 13.2 Å². The van der Waals surface area contributed by atoms with Crippen LogP contribution in [0.2, 0.25) is 0 Å². The Morgan fingerprint density at radius 1 is 1.24 bits per heavy atom. The average molecular weight is 238 g/mol. The first kappa shape index (κ1) is 11.4. The van der Waals surface area contributed by atoms with Crippen molar-refractivity contribution in [3.05, 3.63) is 47.4 Å². The van der Waals surface area contributed by atoms with Crippen molar-refractivity contribution in [3.63, 3.8) is 0 Å². The van der Waals surface area contributed by atoms with E-state index in [0.717, 1.165) is 17.9 Å². The van der Waals surface area contributed by atoms with Crippen LogP contribution in [-0.2, 0) is 6.54 Å². The number of aryl methyl sites for hydroxylation is 1. The zero-order chi connectivity index (χ0) is 12.4. The Kier molecular flexibility index (Phi) is 2.99. The van der Waals surface area contributed by atoms with E-state index in [9.17, 15) is 8.78 Å². The molecule has 17 heavy (non-hydrogen) atoms. The second kappa shape index (κ2) is 4.45. The van der Waals surface area contributed by atoms with E-state index in [-0.39, 0.29) is 5.69 Å². The van der Waals surface area contributed by atoms with Crippen molar-refractivity contribution in [2.45, 2.75) is 13.5 Å². The standard InChI is InChI=1S/C12H12F2N2O/c1-7-2-3-8(17-7)6-16-12-5-10(14)9(13)4-11(12)15/h2-5,16H,6,15H2,1H3. The predicted molar refractivity (Wildman–Crippen MR) is 61.5 cm³/mol. The summed E-state index contributed by atoms with van der Waals surface area (Å²) in [7, 11) is 0. The summed E-state index contributed by atoms with van der Waals surface area (Å²) in [6, 6.07) is 5.61. The normalized spacial score (nSPS) is 10.5. The lowest BCUT2D eigenvalue weighted by Crippen LogP contribution is -2.03. The number of hydrogen-bond acceptors (Lipinski definition) is 3. The average Bonchev–Trinajstić information content (AvgIpc) is 2.68. The Bertz CT molecular complexity index is 537. The molecule has 5 heteroatoms. The lowest BCUT2D eigenvalue weighted by molar-refractivity contribution is 0.490. The molecule has 0 aliphatic carbocycles. The van der Waals surface area contributed by atoms with Crippen LogP contribution in [0.5, 0.6) is 0 Å². The van der Waals surface area contributed by atoms with Gasteiger partial charge in [0.25, 0.3) is 0 Å². The number of anilines is 2. The second-order valence-corrected chi connectivity index (χ2v) is 3.72. The molecule has 0 spiro atoms. The van der Waals surface area contributed by atoms with E-state index in [2.05, 4.69) is 5.32 Å². The van der Waals surface area contributed by atoms with Crippen LogP contribution in [0.1, 0.15) is 11.5 Å². The molecular formula is C12H12F2N2O. The maximum atomic E-state index is 13.0. The Hall–Kier alpha value is -2.04. The Balaban J connectivity index is 2.11. The summed E-state index contributed by atoms with van der Waals surface area (Å²) in [5, 5.41) is 2.89. The molecule has 1 heterocycles. The van der Waals surface area contributed by atoms with Gasteiger partial charge in [0.1, 0.15) is 11.5 Å². The van der Waals surface area contributed by atoms with Gasteiger partial charge < -0.3 is 15.5 Å². The van der Waals surface area contributed by atoms with Crippen molar-refractivity contribution >= 4 is 11.4 Å². The van der Waals surface area contributed by atoms with Crippen LogP contribution >= 0.6 is 0 Å². The summed E-state index contributed by atoms with van der Waals surface area (Å²) < 4.78 is 31.1. The summed E-state index contributed by atoms with van der Waals surface area (Å²) in [5.74, 6) is -0.397. The molecule has 3 nitrogen and oxygen atoms in total. The Labute approximate surface area is 97.2 Å². The zero-order valence-corrected chi connectivity index (χ0v) is 9.26. The fourth-order valence-electron chi connectivity index (χ4n) is 1.48. The van der Waals surface area contributed by atoms with Gasteiger partial charge in [-0.2, -0.15) is 0 Å². The molecule has 2 aromatic rings. The topological polar surface area (TPSA) is 51.2 Å². The number of rotatable bonds is 3. The van der Waals surface area contributed by atoms with Crippen molar-refractivity contribution in [1.82, 2.24) is 0 Å². The number of nitrogens with one attached hydrogen (secondary N) is 1. The van der Waals surface area contributed by atoms with Crippen LogP contribution in [0.3, 0.4) is 0 Å². The minimum absolute atomic E-state index is 0.159. The molecule has 2 rings (SSSR count). The molecule has 1 aromatic carbocycles. The van der Waals surface area contributed by atoms with Gasteiger partial charge in [-0.3, -0.25) is 0 Å². The maximum absolute atomic E-state index is 13.0. The molecule has 0 aliphatic rings. The third-order valence-electron chi connectivity index (χ3n) is 2.34. The van der Waals surface area contributed by atoms with Gasteiger partial charge >= 0.3 is 0 Å². The first-order chi connectivity index (χ1) is 8.06. The fraction of sp³-hybridized carbons (Fsp3) is 0.167. The monoisotopic (exact) mass is 238 g/mol. The van der Waals surface area contributed by atoms with Crippen molar-refractivity contribution in [1.29, 1.82) is 0 Å². The quantitative estimate of drug-likeness (QED) is 0.808. The minimum atomic E-state index is -0.957. The Morgan fingerprint density at radius 3 is 2.59 bits per heavy atom. The van der Waals surface area contributed by atoms with Crippen LogP contribution in [0.4, 0.5) is 20.2 Å². The third kappa shape index (κ3) is 2.55. The number of hydrogen-bond donors (Lipinski definition) is 2. The van der Waals surface area contributed by atoms with E-state index in [4.69, 9.17) is 10.2 Å². The second-order valence-electron chi connectivity index (χ2n) is 3.72. The number of furan rings is 1. The van der Waals surface area contributed by atoms with Crippen molar-refractivity contribution in [2.75, 3.05) is 11.1 Å². The van der Waals surface area contributed by atoms with Crippen molar-refractivity contribution in [3.8, 4) is 0 Å². The minimum Gasteiger partial charge on any atom is -0.465 e. The van der Waals surface area contributed by atoms with Crippen LogP contribution in [0.15, 0.2) is 28.7 Å². The Morgan fingerprint density at radius 2 is 1.94 bits per heavy atom. The van der Waals surface area contributed by atoms with Crippen LogP contribution in [0, 0.1) is 18.6 Å². The van der Waals surface area contributed by atoms with Crippen LogP contribution in [0.25, 0.3) is 0 Å².